The number of benzene rings is 3. The highest BCUT2D eigenvalue weighted by molar-refractivity contribution is 7.92. The zero-order valence-electron chi connectivity index (χ0n) is 17.2. The molecule has 0 atom stereocenters. The van der Waals surface area contributed by atoms with Crippen LogP contribution >= 0.6 is 0 Å². The molecule has 2 N–H and O–H groups in total. The molecular weight excluding hydrogens is 400 g/mol. The van der Waals surface area contributed by atoms with E-state index in [1.165, 1.54) is 36.4 Å². The second-order valence-electron chi connectivity index (χ2n) is 7.71. The maximum Gasteiger partial charge on any atom is 0.261 e. The van der Waals surface area contributed by atoms with Crippen LogP contribution < -0.4 is 14.8 Å². The van der Waals surface area contributed by atoms with Crippen molar-refractivity contribution in [2.24, 2.45) is 0 Å². The predicted molar refractivity (Wildman–Crippen MR) is 118 cm³/mol. The molecule has 0 aromatic heterocycles. The number of nitrogens with one attached hydrogen (secondary N) is 2. The number of amides is 1. The number of ether oxygens (including phenoxy) is 1. The number of hydrogen-bond acceptors (Lipinski definition) is 4. The van der Waals surface area contributed by atoms with Crippen molar-refractivity contribution in [1.82, 2.24) is 5.32 Å². The number of carbonyl (C=O) groups excluding carboxylic acids is 1. The van der Waals surface area contributed by atoms with Gasteiger partial charge in [0.15, 0.2) is 0 Å². The normalized spacial score (nSPS) is 12.9. The minimum atomic E-state index is -3.91. The van der Waals surface area contributed by atoms with Crippen molar-refractivity contribution in [3.05, 3.63) is 65.2 Å². The first-order valence-electron chi connectivity index (χ1n) is 9.85. The van der Waals surface area contributed by atoms with Gasteiger partial charge in [-0.1, -0.05) is 24.3 Å². The lowest BCUT2D eigenvalue weighted by atomic mass is 10.0. The van der Waals surface area contributed by atoms with E-state index in [1.807, 2.05) is 32.0 Å². The average Bonchev–Trinajstić information content (AvgIpc) is 3.13. The third-order valence-corrected chi connectivity index (χ3v) is 6.63. The molecule has 1 amide bonds. The molecule has 6 nitrogen and oxygen atoms in total. The van der Waals surface area contributed by atoms with Crippen LogP contribution in [0.4, 0.5) is 5.69 Å². The van der Waals surface area contributed by atoms with Crippen LogP contribution in [0.25, 0.3) is 10.8 Å². The van der Waals surface area contributed by atoms with Crippen molar-refractivity contribution in [3.63, 3.8) is 0 Å². The molecule has 7 heteroatoms. The van der Waals surface area contributed by atoms with Gasteiger partial charge in [0.25, 0.3) is 15.9 Å². The molecular formula is C23H24N2O4S. The molecule has 0 bridgehead atoms. The van der Waals surface area contributed by atoms with Crippen molar-refractivity contribution >= 4 is 32.4 Å². The summed E-state index contributed by atoms with van der Waals surface area (Å²) in [5, 5.41) is 4.79. The summed E-state index contributed by atoms with van der Waals surface area (Å²) in [5.74, 6) is -0.0679. The average molecular weight is 425 g/mol. The Morgan fingerprint density at radius 3 is 2.47 bits per heavy atom. The van der Waals surface area contributed by atoms with E-state index in [9.17, 15) is 13.2 Å². The lowest BCUT2D eigenvalue weighted by Crippen LogP contribution is -2.30. The fourth-order valence-electron chi connectivity index (χ4n) is 3.91. The van der Waals surface area contributed by atoms with Crippen molar-refractivity contribution in [1.29, 1.82) is 0 Å². The molecule has 30 heavy (non-hydrogen) atoms. The summed E-state index contributed by atoms with van der Waals surface area (Å²) in [6.07, 6.45) is 1.94. The highest BCUT2D eigenvalue weighted by Crippen LogP contribution is 2.36. The smallest absolute Gasteiger partial charge is 0.261 e. The Labute approximate surface area is 176 Å². The molecule has 0 heterocycles. The summed E-state index contributed by atoms with van der Waals surface area (Å²) in [7, 11) is -2.46. The molecule has 4 rings (SSSR count). The molecule has 0 aliphatic heterocycles. The van der Waals surface area contributed by atoms with E-state index in [2.05, 4.69) is 16.1 Å². The van der Waals surface area contributed by atoms with Crippen LogP contribution in [0, 0.1) is 0 Å². The lowest BCUT2D eigenvalue weighted by molar-refractivity contribution is 0.0940. The summed E-state index contributed by atoms with van der Waals surface area (Å²) in [4.78, 5) is 12.5. The second kappa shape index (κ2) is 7.65. The van der Waals surface area contributed by atoms with Gasteiger partial charge in [-0.2, -0.15) is 0 Å². The van der Waals surface area contributed by atoms with E-state index in [1.54, 1.807) is 6.07 Å². The van der Waals surface area contributed by atoms with Gasteiger partial charge in [0.1, 0.15) is 5.75 Å². The molecule has 0 unspecified atom stereocenters. The molecule has 3 aromatic rings. The van der Waals surface area contributed by atoms with Crippen LogP contribution in [0.5, 0.6) is 5.75 Å². The summed E-state index contributed by atoms with van der Waals surface area (Å²) < 4.78 is 34.2. The fourth-order valence-corrected chi connectivity index (χ4v) is 5.02. The van der Waals surface area contributed by atoms with Gasteiger partial charge in [-0.25, -0.2) is 8.42 Å². The summed E-state index contributed by atoms with van der Waals surface area (Å²) in [6, 6.07) is 13.9. The highest BCUT2D eigenvalue weighted by Gasteiger charge is 2.22. The number of sulfonamides is 1. The van der Waals surface area contributed by atoms with Gasteiger partial charge in [0, 0.05) is 11.4 Å². The van der Waals surface area contributed by atoms with Gasteiger partial charge in [0.2, 0.25) is 0 Å². The second-order valence-corrected chi connectivity index (χ2v) is 9.39. The van der Waals surface area contributed by atoms with Crippen LogP contribution in [0.3, 0.4) is 0 Å². The van der Waals surface area contributed by atoms with Gasteiger partial charge in [0.05, 0.1) is 23.3 Å². The SMILES string of the molecule is COc1ccc(S(=O)(=O)Nc2ccc3c4c(cccc24)CC3)cc1C(=O)NC(C)C. The van der Waals surface area contributed by atoms with Gasteiger partial charge in [-0.3, -0.25) is 9.52 Å². The summed E-state index contributed by atoms with van der Waals surface area (Å²) >= 11 is 0. The number of rotatable bonds is 6. The molecule has 3 aromatic carbocycles. The maximum absolute atomic E-state index is 13.1. The molecule has 0 fully saturated rings. The number of methoxy groups -OCH3 is 1. The first-order chi connectivity index (χ1) is 14.3. The Kier molecular flexibility index (Phi) is 5.15. The van der Waals surface area contributed by atoms with Crippen molar-refractivity contribution in [2.75, 3.05) is 11.8 Å². The zero-order chi connectivity index (χ0) is 21.5. The third-order valence-electron chi connectivity index (χ3n) is 5.27. The van der Waals surface area contributed by atoms with Crippen LogP contribution in [-0.4, -0.2) is 27.5 Å². The Hall–Kier alpha value is -3.06. The summed E-state index contributed by atoms with van der Waals surface area (Å²) in [5.41, 5.74) is 3.18. The highest BCUT2D eigenvalue weighted by atomic mass is 32.2. The number of hydrogen-bond donors (Lipinski definition) is 2. The maximum atomic E-state index is 13.1. The number of carbonyl (C=O) groups is 1. The zero-order valence-corrected chi connectivity index (χ0v) is 18.0. The quantitative estimate of drug-likeness (QED) is 0.629. The molecule has 0 radical (unpaired) electrons. The Balaban J connectivity index is 1.73. The standard InChI is InChI=1S/C23H24N2O4S/c1-14(2)24-23(26)19-13-17(10-12-21(19)29-3)30(27,28)25-20-11-9-16-8-7-15-5-4-6-18(20)22(15)16/h4-6,9-14,25H,7-8H2,1-3H3,(H,24,26). The summed E-state index contributed by atoms with van der Waals surface area (Å²) in [6.45, 7) is 3.67. The number of aryl methyl sites for hydroxylation is 2. The van der Waals surface area contributed by atoms with Crippen LogP contribution in [0.1, 0.15) is 35.3 Å². The topological polar surface area (TPSA) is 84.5 Å². The number of anilines is 1. The van der Waals surface area contributed by atoms with Crippen LogP contribution in [-0.2, 0) is 22.9 Å². The van der Waals surface area contributed by atoms with Gasteiger partial charge in [-0.15, -0.1) is 0 Å². The fraction of sp³-hybridized carbons (Fsp3) is 0.261. The molecule has 0 spiro atoms. The van der Waals surface area contributed by atoms with Crippen molar-refractivity contribution in [3.8, 4) is 5.75 Å². The third kappa shape index (κ3) is 3.61. The molecule has 156 valence electrons. The van der Waals surface area contributed by atoms with E-state index in [0.717, 1.165) is 23.6 Å². The first kappa shape index (κ1) is 20.2. The van der Waals surface area contributed by atoms with Crippen molar-refractivity contribution in [2.45, 2.75) is 37.6 Å². The van der Waals surface area contributed by atoms with E-state index in [0.29, 0.717) is 11.4 Å². The monoisotopic (exact) mass is 424 g/mol. The lowest BCUT2D eigenvalue weighted by Gasteiger charge is -2.15. The van der Waals surface area contributed by atoms with E-state index >= 15 is 0 Å². The Bertz CT molecular complexity index is 1240. The molecule has 1 aliphatic carbocycles. The Morgan fingerprint density at radius 2 is 1.77 bits per heavy atom. The van der Waals surface area contributed by atoms with E-state index < -0.39 is 10.0 Å². The minimum absolute atomic E-state index is 0.000425. The predicted octanol–water partition coefficient (Wildman–Crippen LogP) is 3.89. The van der Waals surface area contributed by atoms with Crippen LogP contribution in [0.2, 0.25) is 0 Å². The largest absolute Gasteiger partial charge is 0.496 e. The molecule has 0 saturated heterocycles. The van der Waals surface area contributed by atoms with E-state index in [4.69, 9.17) is 4.74 Å². The first-order valence-corrected chi connectivity index (χ1v) is 11.3. The Morgan fingerprint density at radius 1 is 1.03 bits per heavy atom. The van der Waals surface area contributed by atoms with Gasteiger partial charge < -0.3 is 10.1 Å². The van der Waals surface area contributed by atoms with Crippen molar-refractivity contribution < 1.29 is 17.9 Å². The van der Waals surface area contributed by atoms with Gasteiger partial charge >= 0.3 is 0 Å². The molecule has 0 saturated carbocycles. The van der Waals surface area contributed by atoms with E-state index in [-0.39, 0.29) is 22.4 Å². The van der Waals surface area contributed by atoms with Gasteiger partial charge in [-0.05, 0) is 67.5 Å². The minimum Gasteiger partial charge on any atom is -0.496 e. The van der Waals surface area contributed by atoms with Crippen LogP contribution in [0.15, 0.2) is 53.4 Å². The molecule has 1 aliphatic rings.